The molecule has 0 saturated carbocycles. The summed E-state index contributed by atoms with van der Waals surface area (Å²) in [7, 11) is 0. The van der Waals surface area contributed by atoms with E-state index in [1.165, 1.54) is 10.8 Å². The summed E-state index contributed by atoms with van der Waals surface area (Å²) in [6.45, 7) is 7.83. The third-order valence-corrected chi connectivity index (χ3v) is 2.38. The van der Waals surface area contributed by atoms with E-state index in [1.807, 2.05) is 20.8 Å². The summed E-state index contributed by atoms with van der Waals surface area (Å²) in [5.74, 6) is 0.646. The molecule has 5 heteroatoms. The molecule has 1 aromatic rings. The van der Waals surface area contributed by atoms with Gasteiger partial charge in [-0.25, -0.2) is 4.98 Å². The number of hydrogen-bond acceptors (Lipinski definition) is 3. The first-order valence-corrected chi connectivity index (χ1v) is 5.46. The number of aryl methyl sites for hydroxylation is 1. The zero-order valence-corrected chi connectivity index (χ0v) is 11.0. The average molecular weight is 275 g/mol. The first kappa shape index (κ1) is 12.4. The van der Waals surface area contributed by atoms with Crippen LogP contribution in [0.15, 0.2) is 15.5 Å². The van der Waals surface area contributed by atoms with E-state index in [2.05, 4.69) is 20.9 Å². The van der Waals surface area contributed by atoms with Gasteiger partial charge in [0.2, 0.25) is 0 Å². The van der Waals surface area contributed by atoms with Crippen LogP contribution in [0.4, 0.5) is 0 Å². The van der Waals surface area contributed by atoms with Gasteiger partial charge in [-0.15, -0.1) is 0 Å². The summed E-state index contributed by atoms with van der Waals surface area (Å²) in [5.41, 5.74) is -0.388. The Bertz CT molecular complexity index is 407. The fraction of sp³-hybridized carbons (Fsp3) is 0.600. The van der Waals surface area contributed by atoms with E-state index in [0.29, 0.717) is 10.3 Å². The number of nitrogens with zero attached hydrogens (tertiary/aromatic N) is 2. The van der Waals surface area contributed by atoms with Crippen molar-refractivity contribution in [1.29, 1.82) is 0 Å². The number of aromatic nitrogens is 2. The molecule has 1 heterocycles. The Balaban J connectivity index is 2.95. The van der Waals surface area contributed by atoms with E-state index < -0.39 is 0 Å². The molecule has 1 aromatic heterocycles. The SMILES string of the molecule is Cc1ncc(Br)c(=O)n1COC(C)(C)C. The van der Waals surface area contributed by atoms with Gasteiger partial charge in [0.15, 0.2) is 0 Å². The van der Waals surface area contributed by atoms with Gasteiger partial charge in [0.1, 0.15) is 17.0 Å². The molecular formula is C10H15BrN2O2. The zero-order chi connectivity index (χ0) is 11.6. The van der Waals surface area contributed by atoms with E-state index in [0.717, 1.165) is 0 Å². The standard InChI is InChI=1S/C10H15BrN2O2/c1-7-12-5-8(11)9(14)13(7)6-15-10(2,3)4/h5H,6H2,1-4H3. The van der Waals surface area contributed by atoms with Crippen LogP contribution < -0.4 is 5.56 Å². The zero-order valence-electron chi connectivity index (χ0n) is 9.37. The van der Waals surface area contributed by atoms with Gasteiger partial charge in [-0.1, -0.05) is 0 Å². The molecule has 0 aliphatic rings. The lowest BCUT2D eigenvalue weighted by atomic mass is 10.2. The molecule has 0 radical (unpaired) electrons. The molecule has 0 aliphatic carbocycles. The maximum atomic E-state index is 11.7. The molecule has 0 bridgehead atoms. The molecule has 0 atom stereocenters. The van der Waals surface area contributed by atoms with E-state index in [4.69, 9.17) is 4.74 Å². The quantitative estimate of drug-likeness (QED) is 0.830. The molecular weight excluding hydrogens is 260 g/mol. The lowest BCUT2D eigenvalue weighted by molar-refractivity contribution is -0.0457. The molecule has 0 saturated heterocycles. The molecule has 15 heavy (non-hydrogen) atoms. The molecule has 0 aliphatic heterocycles. The Kier molecular flexibility index (Phi) is 3.67. The molecule has 0 spiro atoms. The molecule has 4 nitrogen and oxygen atoms in total. The van der Waals surface area contributed by atoms with Crippen LogP contribution in [-0.4, -0.2) is 15.2 Å². The highest BCUT2D eigenvalue weighted by Crippen LogP contribution is 2.08. The van der Waals surface area contributed by atoms with Gasteiger partial charge < -0.3 is 4.74 Å². The van der Waals surface area contributed by atoms with Crippen molar-refractivity contribution in [1.82, 2.24) is 9.55 Å². The van der Waals surface area contributed by atoms with Crippen molar-refractivity contribution in [2.24, 2.45) is 0 Å². The van der Waals surface area contributed by atoms with Gasteiger partial charge in [0.25, 0.3) is 5.56 Å². The molecule has 0 unspecified atom stereocenters. The largest absolute Gasteiger partial charge is 0.355 e. The third-order valence-electron chi connectivity index (χ3n) is 1.83. The summed E-state index contributed by atoms with van der Waals surface area (Å²) >= 11 is 3.15. The van der Waals surface area contributed by atoms with Gasteiger partial charge >= 0.3 is 0 Å². The van der Waals surface area contributed by atoms with Gasteiger partial charge in [-0.05, 0) is 43.6 Å². The summed E-state index contributed by atoms with van der Waals surface area (Å²) in [4.78, 5) is 15.8. The van der Waals surface area contributed by atoms with Crippen LogP contribution in [-0.2, 0) is 11.5 Å². The second kappa shape index (κ2) is 4.45. The van der Waals surface area contributed by atoms with Crippen LogP contribution >= 0.6 is 15.9 Å². The minimum atomic E-state index is -0.270. The Morgan fingerprint density at radius 2 is 2.13 bits per heavy atom. The van der Waals surface area contributed by atoms with Crippen LogP contribution in [0.3, 0.4) is 0 Å². The lowest BCUT2D eigenvalue weighted by Crippen LogP contribution is -2.29. The summed E-state index contributed by atoms with van der Waals surface area (Å²) in [5, 5.41) is 0. The topological polar surface area (TPSA) is 44.1 Å². The van der Waals surface area contributed by atoms with Crippen LogP contribution in [0.2, 0.25) is 0 Å². The molecule has 84 valence electrons. The Hall–Kier alpha value is -0.680. The maximum Gasteiger partial charge on any atom is 0.269 e. The van der Waals surface area contributed by atoms with E-state index in [-0.39, 0.29) is 17.9 Å². The molecule has 0 amide bonds. The lowest BCUT2D eigenvalue weighted by Gasteiger charge is -2.20. The predicted octanol–water partition coefficient (Wildman–Crippen LogP) is 2.09. The van der Waals surface area contributed by atoms with Crippen molar-refractivity contribution in [2.75, 3.05) is 0 Å². The van der Waals surface area contributed by atoms with Gasteiger partial charge in [-0.3, -0.25) is 9.36 Å². The first-order valence-electron chi connectivity index (χ1n) is 4.67. The number of ether oxygens (including phenoxy) is 1. The number of hydrogen-bond donors (Lipinski definition) is 0. The Morgan fingerprint density at radius 1 is 1.53 bits per heavy atom. The predicted molar refractivity (Wildman–Crippen MR) is 61.8 cm³/mol. The highest BCUT2D eigenvalue weighted by atomic mass is 79.9. The van der Waals surface area contributed by atoms with Gasteiger partial charge in [0.05, 0.1) is 5.60 Å². The summed E-state index contributed by atoms with van der Waals surface area (Å²) in [6.07, 6.45) is 1.51. The van der Waals surface area contributed by atoms with Crippen molar-refractivity contribution >= 4 is 15.9 Å². The summed E-state index contributed by atoms with van der Waals surface area (Å²) < 4.78 is 7.48. The number of halogens is 1. The van der Waals surface area contributed by atoms with E-state index in [1.54, 1.807) is 6.92 Å². The second-order valence-corrected chi connectivity index (χ2v) is 5.13. The molecule has 0 aromatic carbocycles. The molecule has 0 fully saturated rings. The van der Waals surface area contributed by atoms with E-state index >= 15 is 0 Å². The fourth-order valence-electron chi connectivity index (χ4n) is 0.961. The maximum absolute atomic E-state index is 11.7. The molecule has 0 N–H and O–H groups in total. The average Bonchev–Trinajstić information content (AvgIpc) is 2.10. The highest BCUT2D eigenvalue weighted by Gasteiger charge is 2.12. The van der Waals surface area contributed by atoms with E-state index in [9.17, 15) is 4.79 Å². The van der Waals surface area contributed by atoms with Crippen molar-refractivity contribution < 1.29 is 4.74 Å². The minimum Gasteiger partial charge on any atom is -0.355 e. The fourth-order valence-corrected chi connectivity index (χ4v) is 1.28. The first-order chi connectivity index (χ1) is 6.81. The van der Waals surface area contributed by atoms with Crippen LogP contribution in [0.1, 0.15) is 26.6 Å². The number of rotatable bonds is 2. The molecule has 1 rings (SSSR count). The van der Waals surface area contributed by atoms with Crippen molar-refractivity contribution in [2.45, 2.75) is 40.0 Å². The smallest absolute Gasteiger partial charge is 0.269 e. The van der Waals surface area contributed by atoms with Crippen molar-refractivity contribution in [3.05, 3.63) is 26.8 Å². The minimum absolute atomic E-state index is 0.119. The van der Waals surface area contributed by atoms with Crippen molar-refractivity contribution in [3.8, 4) is 0 Å². The summed E-state index contributed by atoms with van der Waals surface area (Å²) in [6, 6.07) is 0. The van der Waals surface area contributed by atoms with Gasteiger partial charge in [-0.2, -0.15) is 0 Å². The Labute approximate surface area is 97.4 Å². The highest BCUT2D eigenvalue weighted by molar-refractivity contribution is 9.10. The third kappa shape index (κ3) is 3.43. The second-order valence-electron chi connectivity index (χ2n) is 4.27. The van der Waals surface area contributed by atoms with Crippen LogP contribution in [0, 0.1) is 6.92 Å². The van der Waals surface area contributed by atoms with Crippen LogP contribution in [0.5, 0.6) is 0 Å². The monoisotopic (exact) mass is 274 g/mol. The van der Waals surface area contributed by atoms with Crippen molar-refractivity contribution in [3.63, 3.8) is 0 Å². The normalized spacial score (nSPS) is 11.8. The van der Waals surface area contributed by atoms with Crippen LogP contribution in [0.25, 0.3) is 0 Å². The van der Waals surface area contributed by atoms with Gasteiger partial charge in [0, 0.05) is 6.20 Å². The Morgan fingerprint density at radius 3 is 2.67 bits per heavy atom.